The van der Waals surface area contributed by atoms with Crippen LogP contribution in [-0.4, -0.2) is 15.7 Å². The van der Waals surface area contributed by atoms with E-state index in [0.717, 1.165) is 0 Å². The molecule has 2 aromatic rings. The number of aromatic nitrogens is 2. The van der Waals surface area contributed by atoms with E-state index in [-0.39, 0.29) is 17.6 Å². The van der Waals surface area contributed by atoms with Gasteiger partial charge in [-0.2, -0.15) is 5.10 Å². The minimum Gasteiger partial charge on any atom is -0.396 e. The van der Waals surface area contributed by atoms with Gasteiger partial charge in [0.05, 0.1) is 17.6 Å². The maximum Gasteiger partial charge on any atom is 0.255 e. The van der Waals surface area contributed by atoms with Crippen LogP contribution in [0.4, 0.5) is 15.8 Å². The van der Waals surface area contributed by atoms with Gasteiger partial charge < -0.3 is 11.1 Å². The van der Waals surface area contributed by atoms with Crippen LogP contribution >= 0.6 is 0 Å². The molecule has 0 aliphatic heterocycles. The van der Waals surface area contributed by atoms with E-state index in [1.807, 2.05) is 13.8 Å². The van der Waals surface area contributed by atoms with Crippen molar-refractivity contribution in [2.45, 2.75) is 19.9 Å². The molecule has 0 radical (unpaired) electrons. The number of anilines is 2. The number of nitrogens with zero attached hydrogens (tertiary/aromatic N) is 2. The summed E-state index contributed by atoms with van der Waals surface area (Å²) in [6.45, 7) is 3.97. The summed E-state index contributed by atoms with van der Waals surface area (Å²) in [7, 11) is 0. The number of hydrogen-bond acceptors (Lipinski definition) is 3. The molecule has 0 saturated heterocycles. The van der Waals surface area contributed by atoms with Crippen molar-refractivity contribution in [3.63, 3.8) is 0 Å². The largest absolute Gasteiger partial charge is 0.396 e. The van der Waals surface area contributed by atoms with Crippen molar-refractivity contribution in [3.05, 3.63) is 42.0 Å². The van der Waals surface area contributed by atoms with E-state index in [4.69, 9.17) is 5.73 Å². The molecule has 19 heavy (non-hydrogen) atoms. The first kappa shape index (κ1) is 13.1. The zero-order valence-electron chi connectivity index (χ0n) is 10.7. The Morgan fingerprint density at radius 2 is 2.21 bits per heavy atom. The topological polar surface area (TPSA) is 72.9 Å². The van der Waals surface area contributed by atoms with Crippen LogP contribution in [0.2, 0.25) is 0 Å². The highest BCUT2D eigenvalue weighted by Gasteiger charge is 2.10. The van der Waals surface area contributed by atoms with Crippen molar-refractivity contribution in [2.75, 3.05) is 11.1 Å². The van der Waals surface area contributed by atoms with Crippen LogP contribution in [0.3, 0.4) is 0 Å². The maximum absolute atomic E-state index is 13.0. The number of nitrogens with one attached hydrogen (secondary N) is 1. The average molecular weight is 262 g/mol. The lowest BCUT2D eigenvalue weighted by molar-refractivity contribution is 0.102. The summed E-state index contributed by atoms with van der Waals surface area (Å²) in [5, 5.41) is 6.79. The monoisotopic (exact) mass is 262 g/mol. The molecule has 0 unspecified atom stereocenters. The Hall–Kier alpha value is -2.37. The van der Waals surface area contributed by atoms with E-state index in [9.17, 15) is 9.18 Å². The number of amides is 1. The molecule has 5 nitrogen and oxygen atoms in total. The minimum atomic E-state index is -0.538. The van der Waals surface area contributed by atoms with Gasteiger partial charge in [-0.05, 0) is 32.0 Å². The zero-order chi connectivity index (χ0) is 14.0. The van der Waals surface area contributed by atoms with Gasteiger partial charge in [-0.25, -0.2) is 4.39 Å². The van der Waals surface area contributed by atoms with Crippen LogP contribution in [0.15, 0.2) is 30.6 Å². The third kappa shape index (κ3) is 2.90. The van der Waals surface area contributed by atoms with Gasteiger partial charge in [0.2, 0.25) is 0 Å². The molecule has 0 bridgehead atoms. The predicted octanol–water partition coefficient (Wildman–Crippen LogP) is 2.44. The van der Waals surface area contributed by atoms with Gasteiger partial charge in [0.25, 0.3) is 5.91 Å². The minimum absolute atomic E-state index is 0.0504. The molecule has 0 aliphatic rings. The lowest BCUT2D eigenvalue weighted by Gasteiger charge is -2.05. The first-order valence-electron chi connectivity index (χ1n) is 5.88. The summed E-state index contributed by atoms with van der Waals surface area (Å²) >= 11 is 0. The van der Waals surface area contributed by atoms with Crippen LogP contribution < -0.4 is 11.1 Å². The van der Waals surface area contributed by atoms with Gasteiger partial charge in [-0.3, -0.25) is 9.48 Å². The molecular weight excluding hydrogens is 247 g/mol. The molecule has 0 atom stereocenters. The van der Waals surface area contributed by atoms with E-state index in [1.165, 1.54) is 18.2 Å². The highest BCUT2D eigenvalue weighted by atomic mass is 19.1. The van der Waals surface area contributed by atoms with Crippen molar-refractivity contribution >= 4 is 17.3 Å². The molecule has 1 aromatic heterocycles. The van der Waals surface area contributed by atoms with Crippen molar-refractivity contribution in [1.82, 2.24) is 9.78 Å². The van der Waals surface area contributed by atoms with E-state index in [1.54, 1.807) is 17.1 Å². The lowest BCUT2D eigenvalue weighted by Crippen LogP contribution is -2.12. The van der Waals surface area contributed by atoms with Gasteiger partial charge >= 0.3 is 0 Å². The van der Waals surface area contributed by atoms with Gasteiger partial charge in [-0.15, -0.1) is 0 Å². The van der Waals surface area contributed by atoms with E-state index >= 15 is 0 Å². The summed E-state index contributed by atoms with van der Waals surface area (Å²) in [5.41, 5.74) is 6.26. The van der Waals surface area contributed by atoms with Crippen molar-refractivity contribution in [2.24, 2.45) is 0 Å². The Kier molecular flexibility index (Phi) is 3.50. The number of carbonyl (C=O) groups excluding carboxylic acids is 1. The van der Waals surface area contributed by atoms with Gasteiger partial charge in [-0.1, -0.05) is 0 Å². The fourth-order valence-electron chi connectivity index (χ4n) is 1.57. The number of nitrogen functional groups attached to an aromatic ring is 1. The number of rotatable bonds is 3. The molecule has 0 saturated carbocycles. The van der Waals surface area contributed by atoms with E-state index in [0.29, 0.717) is 11.3 Å². The van der Waals surface area contributed by atoms with Crippen LogP contribution in [0.1, 0.15) is 30.2 Å². The molecule has 1 aromatic carbocycles. The SMILES string of the molecule is CC(C)n1cc(NC(=O)c2ccc(F)c(N)c2)cn1. The van der Waals surface area contributed by atoms with Gasteiger partial charge in [0, 0.05) is 17.8 Å². The molecule has 1 amide bonds. The second-order valence-electron chi connectivity index (χ2n) is 4.49. The molecule has 1 heterocycles. The Labute approximate surface area is 110 Å². The van der Waals surface area contributed by atoms with Crippen LogP contribution in [-0.2, 0) is 0 Å². The molecule has 0 fully saturated rings. The number of nitrogens with two attached hydrogens (primary N) is 1. The molecule has 100 valence electrons. The molecule has 0 aliphatic carbocycles. The number of carbonyl (C=O) groups is 1. The highest BCUT2D eigenvalue weighted by molar-refractivity contribution is 6.04. The van der Waals surface area contributed by atoms with Crippen molar-refractivity contribution in [3.8, 4) is 0 Å². The quantitative estimate of drug-likeness (QED) is 0.834. The Balaban J connectivity index is 2.13. The average Bonchev–Trinajstić information content (AvgIpc) is 2.81. The highest BCUT2D eigenvalue weighted by Crippen LogP contribution is 2.15. The summed E-state index contributed by atoms with van der Waals surface area (Å²) in [6.07, 6.45) is 3.29. The Bertz CT molecular complexity index is 606. The van der Waals surface area contributed by atoms with Gasteiger partial charge in [0.15, 0.2) is 0 Å². The summed E-state index contributed by atoms with van der Waals surface area (Å²) < 4.78 is 14.7. The fraction of sp³-hybridized carbons (Fsp3) is 0.231. The summed E-state index contributed by atoms with van der Waals surface area (Å²) in [4.78, 5) is 11.9. The molecule has 3 N–H and O–H groups in total. The molecule has 6 heteroatoms. The first-order chi connectivity index (χ1) is 8.97. The van der Waals surface area contributed by atoms with Crippen LogP contribution in [0, 0.1) is 5.82 Å². The van der Waals surface area contributed by atoms with Gasteiger partial charge in [0.1, 0.15) is 5.82 Å². The first-order valence-corrected chi connectivity index (χ1v) is 5.88. The van der Waals surface area contributed by atoms with E-state index < -0.39 is 5.82 Å². The van der Waals surface area contributed by atoms with Crippen molar-refractivity contribution in [1.29, 1.82) is 0 Å². The standard InChI is InChI=1S/C13H15FN4O/c1-8(2)18-7-10(6-16-18)17-13(19)9-3-4-11(14)12(15)5-9/h3-8H,15H2,1-2H3,(H,17,19). The summed E-state index contributed by atoms with van der Waals surface area (Å²) in [6, 6.07) is 4.07. The normalized spacial score (nSPS) is 10.7. The molecular formula is C13H15FN4O. The molecule has 2 rings (SSSR count). The van der Waals surface area contributed by atoms with E-state index in [2.05, 4.69) is 10.4 Å². The van der Waals surface area contributed by atoms with Crippen molar-refractivity contribution < 1.29 is 9.18 Å². The number of halogens is 1. The van der Waals surface area contributed by atoms with Crippen LogP contribution in [0.5, 0.6) is 0 Å². The second kappa shape index (κ2) is 5.09. The van der Waals surface area contributed by atoms with Crippen LogP contribution in [0.25, 0.3) is 0 Å². The number of hydrogen-bond donors (Lipinski definition) is 2. The third-order valence-corrected chi connectivity index (χ3v) is 2.65. The maximum atomic E-state index is 13.0. The predicted molar refractivity (Wildman–Crippen MR) is 71.4 cm³/mol. The second-order valence-corrected chi connectivity index (χ2v) is 4.49. The third-order valence-electron chi connectivity index (χ3n) is 2.65. The fourth-order valence-corrected chi connectivity index (χ4v) is 1.57. The Morgan fingerprint density at radius 3 is 2.79 bits per heavy atom. The number of benzene rings is 1. The summed E-state index contributed by atoms with van der Waals surface area (Å²) in [5.74, 6) is -0.890. The smallest absolute Gasteiger partial charge is 0.255 e. The Morgan fingerprint density at radius 1 is 1.47 bits per heavy atom. The zero-order valence-corrected chi connectivity index (χ0v) is 10.7. The lowest BCUT2D eigenvalue weighted by atomic mass is 10.2. The molecule has 0 spiro atoms.